The van der Waals surface area contributed by atoms with Crippen molar-refractivity contribution in [2.24, 2.45) is 0 Å². The fraction of sp³-hybridized carbons (Fsp3) is 0.139. The van der Waals surface area contributed by atoms with E-state index in [9.17, 15) is 0 Å². The molecule has 0 amide bonds. The van der Waals surface area contributed by atoms with E-state index in [1.54, 1.807) is 0 Å². The molecule has 0 saturated heterocycles. The minimum absolute atomic E-state index is 0.0388. The summed E-state index contributed by atoms with van der Waals surface area (Å²) < 4.78 is 2.86. The minimum Gasteiger partial charge on any atom is -0.310 e. The lowest BCUT2D eigenvalue weighted by Gasteiger charge is -2.43. The monoisotopic (exact) mass is 1020 g/mol. The third-order valence-electron chi connectivity index (χ3n) is 18.5. The summed E-state index contributed by atoms with van der Waals surface area (Å²) in [6, 6.07) is 78.2. The van der Waals surface area contributed by atoms with Gasteiger partial charge in [-0.1, -0.05) is 197 Å². The Bertz CT molecular complexity index is 4310. The Labute approximate surface area is 459 Å². The molecular weight excluding hydrogens is 968 g/mol. The molecule has 5 heteroatoms. The number of fused-ring (bicyclic) bond motifs is 26. The highest BCUT2D eigenvalue weighted by Crippen LogP contribution is 2.69. The summed E-state index contributed by atoms with van der Waals surface area (Å²) >= 11 is 4.19. The third-order valence-corrected chi connectivity index (χ3v) is 21.2. The van der Waals surface area contributed by atoms with Gasteiger partial charge in [-0.05, 0) is 151 Å². The van der Waals surface area contributed by atoms with E-state index in [0.717, 1.165) is 0 Å². The van der Waals surface area contributed by atoms with Gasteiger partial charge in [0.15, 0.2) is 0 Å². The standard InChI is InChI=1S/C72H53BN2S2/c1-40(2)44-28-32-46(33-29-44)74-60-38-43(6)39-61-64(60)73(69-65(74)62-52-21-11-16-26-58(52)71(67(62)76-69)54-22-12-7-17-48(54)49-18-8-13-23-55(49)71)70-66(75(61)47-34-30-45(31-35-47)41(3)4)63-53-36-27-42(5)37-59(53)72(68(63)77-70)56-24-14-9-19-50(56)51-20-10-15-25-57(51)72/h7-41H,1-6H3. The molecule has 0 unspecified atom stereocenters. The Hall–Kier alpha value is -7.96. The van der Waals surface area contributed by atoms with Crippen LogP contribution in [0.2, 0.25) is 0 Å². The second-order valence-corrected chi connectivity index (χ2v) is 25.2. The molecule has 9 aromatic carbocycles. The lowest BCUT2D eigenvalue weighted by Crippen LogP contribution is -2.59. The fourth-order valence-electron chi connectivity index (χ4n) is 15.3. The van der Waals surface area contributed by atoms with Crippen LogP contribution in [0.25, 0.3) is 44.5 Å². The highest BCUT2D eigenvalue weighted by Gasteiger charge is 2.60. The van der Waals surface area contributed by atoms with E-state index in [1.165, 1.54) is 159 Å². The molecule has 0 bridgehead atoms. The average Bonchev–Trinajstić information content (AvgIpc) is 4.33. The summed E-state index contributed by atoms with van der Waals surface area (Å²) in [4.78, 5) is 8.28. The predicted molar refractivity (Wildman–Crippen MR) is 326 cm³/mol. The largest absolute Gasteiger partial charge is 0.310 e. The topological polar surface area (TPSA) is 6.48 Å². The van der Waals surface area contributed by atoms with Crippen LogP contribution in [0.4, 0.5) is 34.1 Å². The summed E-state index contributed by atoms with van der Waals surface area (Å²) in [5.41, 5.74) is 32.4. The Balaban J connectivity index is 1.04. The van der Waals surface area contributed by atoms with Crippen LogP contribution >= 0.6 is 22.7 Å². The smallest absolute Gasteiger partial charge is 0.277 e. The predicted octanol–water partition coefficient (Wildman–Crippen LogP) is 17.4. The van der Waals surface area contributed by atoms with Gasteiger partial charge in [0.25, 0.3) is 6.71 Å². The molecule has 0 fully saturated rings. The van der Waals surface area contributed by atoms with Gasteiger partial charge in [-0.25, -0.2) is 0 Å². The average molecular weight is 1020 g/mol. The van der Waals surface area contributed by atoms with Gasteiger partial charge in [-0.3, -0.25) is 0 Å². The first kappa shape index (κ1) is 44.2. The summed E-state index contributed by atoms with van der Waals surface area (Å²) in [7, 11) is 0. The normalized spacial score (nSPS) is 15.2. The van der Waals surface area contributed by atoms with Crippen LogP contribution in [0.3, 0.4) is 0 Å². The lowest BCUT2D eigenvalue weighted by atomic mass is 9.39. The molecule has 77 heavy (non-hydrogen) atoms. The van der Waals surface area contributed by atoms with Crippen molar-refractivity contribution in [1.29, 1.82) is 0 Å². The first-order valence-corrected chi connectivity index (χ1v) is 29.2. The van der Waals surface area contributed by atoms with E-state index >= 15 is 0 Å². The van der Waals surface area contributed by atoms with Crippen LogP contribution in [0.15, 0.2) is 200 Å². The van der Waals surface area contributed by atoms with Crippen molar-refractivity contribution in [1.82, 2.24) is 0 Å². The zero-order chi connectivity index (χ0) is 51.4. The van der Waals surface area contributed by atoms with E-state index in [0.29, 0.717) is 11.8 Å². The highest BCUT2D eigenvalue weighted by atomic mass is 32.1. The fourth-order valence-corrected chi connectivity index (χ4v) is 18.7. The third kappa shape index (κ3) is 5.33. The zero-order valence-corrected chi connectivity index (χ0v) is 45.6. The van der Waals surface area contributed by atoms with Crippen LogP contribution in [-0.2, 0) is 10.8 Å². The molecule has 2 spiro atoms. The summed E-state index contributed by atoms with van der Waals surface area (Å²) in [6.45, 7) is 13.8. The maximum Gasteiger partial charge on any atom is 0.277 e. The number of aryl methyl sites for hydroxylation is 2. The number of thiophene rings is 2. The summed E-state index contributed by atoms with van der Waals surface area (Å²) in [6.07, 6.45) is 0. The van der Waals surface area contributed by atoms with Crippen LogP contribution in [0.1, 0.15) is 105 Å². The molecule has 0 N–H and O–H groups in total. The van der Waals surface area contributed by atoms with E-state index in [1.807, 2.05) is 0 Å². The molecule has 0 saturated carbocycles. The van der Waals surface area contributed by atoms with Crippen LogP contribution in [0, 0.1) is 13.8 Å². The zero-order valence-electron chi connectivity index (χ0n) is 44.0. The molecule has 366 valence electrons. The van der Waals surface area contributed by atoms with Crippen molar-refractivity contribution in [3.63, 3.8) is 0 Å². The van der Waals surface area contributed by atoms with Crippen molar-refractivity contribution in [3.05, 3.63) is 266 Å². The van der Waals surface area contributed by atoms with E-state index in [-0.39, 0.29) is 6.71 Å². The number of hydrogen-bond donors (Lipinski definition) is 0. The number of benzene rings is 9. The maximum absolute atomic E-state index is 2.71. The van der Waals surface area contributed by atoms with E-state index < -0.39 is 10.8 Å². The van der Waals surface area contributed by atoms with Crippen molar-refractivity contribution in [2.75, 3.05) is 9.80 Å². The number of nitrogens with zero attached hydrogens (tertiary/aromatic N) is 2. The lowest BCUT2D eigenvalue weighted by molar-refractivity contribution is 0.810. The SMILES string of the molecule is Cc1cc2c3c(c1)N(c1ccc(C(C)C)cc1)c1c(sc4c1-c1ccc(C)cc1C41c4ccccc4-c4ccccc41)B3c1sc3c(c1N2c1ccc(C(C)C)cc1)-c1ccccc1C31c2ccccc2-c2ccccc21. The quantitative estimate of drug-likeness (QED) is 0.162. The summed E-state index contributed by atoms with van der Waals surface area (Å²) in [5, 5.41) is 0. The maximum atomic E-state index is 2.71. The molecule has 11 aromatic rings. The number of anilines is 6. The molecule has 0 atom stereocenters. The van der Waals surface area contributed by atoms with Crippen LogP contribution < -0.4 is 24.8 Å². The molecule has 4 aliphatic carbocycles. The molecule has 0 radical (unpaired) electrons. The second-order valence-electron chi connectivity index (χ2n) is 23.1. The Morgan fingerprint density at radius 1 is 0.377 bits per heavy atom. The van der Waals surface area contributed by atoms with Gasteiger partial charge in [0, 0.05) is 53.2 Å². The molecule has 6 aliphatic rings. The molecule has 4 heterocycles. The van der Waals surface area contributed by atoms with Crippen molar-refractivity contribution < 1.29 is 0 Å². The first-order chi connectivity index (χ1) is 37.7. The van der Waals surface area contributed by atoms with Crippen molar-refractivity contribution >= 4 is 78.5 Å². The van der Waals surface area contributed by atoms with Gasteiger partial charge in [0.1, 0.15) is 0 Å². The van der Waals surface area contributed by atoms with Gasteiger partial charge < -0.3 is 9.80 Å². The number of hydrogen-bond acceptors (Lipinski definition) is 4. The Morgan fingerprint density at radius 3 is 1.16 bits per heavy atom. The van der Waals surface area contributed by atoms with E-state index in [4.69, 9.17) is 0 Å². The molecule has 2 aliphatic heterocycles. The second kappa shape index (κ2) is 15.4. The van der Waals surface area contributed by atoms with Crippen molar-refractivity contribution in [2.45, 2.75) is 64.2 Å². The minimum atomic E-state index is -0.483. The number of rotatable bonds is 4. The van der Waals surface area contributed by atoms with Gasteiger partial charge in [-0.2, -0.15) is 0 Å². The Morgan fingerprint density at radius 2 is 0.740 bits per heavy atom. The van der Waals surface area contributed by atoms with Gasteiger partial charge >= 0.3 is 0 Å². The summed E-state index contributed by atoms with van der Waals surface area (Å²) in [5.74, 6) is 0.838. The molecule has 17 rings (SSSR count). The molecular formula is C72H53BN2S2. The first-order valence-electron chi connectivity index (χ1n) is 27.6. The molecule has 2 nitrogen and oxygen atoms in total. The van der Waals surface area contributed by atoms with Gasteiger partial charge in [0.05, 0.1) is 22.2 Å². The van der Waals surface area contributed by atoms with Gasteiger partial charge in [0.2, 0.25) is 0 Å². The van der Waals surface area contributed by atoms with Gasteiger partial charge in [-0.15, -0.1) is 22.7 Å². The van der Waals surface area contributed by atoms with Crippen LogP contribution in [0.5, 0.6) is 0 Å². The van der Waals surface area contributed by atoms with E-state index in [2.05, 4.69) is 274 Å². The van der Waals surface area contributed by atoms with Crippen LogP contribution in [-0.4, -0.2) is 6.71 Å². The Kier molecular flexibility index (Phi) is 8.83. The highest BCUT2D eigenvalue weighted by molar-refractivity contribution is 7.37. The van der Waals surface area contributed by atoms with Crippen molar-refractivity contribution in [3.8, 4) is 44.5 Å². The molecule has 2 aromatic heterocycles.